The van der Waals surface area contributed by atoms with Crippen molar-refractivity contribution in [2.75, 3.05) is 0 Å². The lowest BCUT2D eigenvalue weighted by Gasteiger charge is -2.24. The van der Waals surface area contributed by atoms with E-state index in [1.54, 1.807) is 0 Å². The molecule has 2 aromatic rings. The Balaban J connectivity index is 2.47. The lowest BCUT2D eigenvalue weighted by molar-refractivity contribution is -0.137. The minimum Gasteiger partial charge on any atom is -0.322 e. The maximum absolute atomic E-state index is 12.6. The number of nitrogens with zero attached hydrogens (tertiary/aromatic N) is 1. The zero-order chi connectivity index (χ0) is 14.4. The predicted molar refractivity (Wildman–Crippen MR) is 71.0 cm³/mol. The highest BCUT2D eigenvalue weighted by atomic mass is 32.1. The minimum absolute atomic E-state index is 0.180. The van der Waals surface area contributed by atoms with E-state index in [2.05, 4.69) is 4.98 Å². The standard InChI is InChI=1S/C13H15F3N2S/c1-12(2,3)10(17)11-18-8-6-7(13(14,15)16)4-5-9(8)19-11/h4-6,10H,17H2,1-3H3. The molecule has 1 aromatic heterocycles. The van der Waals surface area contributed by atoms with Gasteiger partial charge in [0.1, 0.15) is 5.01 Å². The van der Waals surface area contributed by atoms with Crippen LogP contribution in [0.15, 0.2) is 18.2 Å². The van der Waals surface area contributed by atoms with Crippen LogP contribution in [0.3, 0.4) is 0 Å². The molecular formula is C13H15F3N2S. The van der Waals surface area contributed by atoms with Crippen LogP contribution in [0.25, 0.3) is 10.2 Å². The second-order valence-electron chi connectivity index (χ2n) is 5.58. The molecule has 1 atom stereocenters. The summed E-state index contributed by atoms with van der Waals surface area (Å²) in [5.74, 6) is 0. The number of aromatic nitrogens is 1. The summed E-state index contributed by atoms with van der Waals surface area (Å²) >= 11 is 1.35. The number of rotatable bonds is 1. The molecule has 0 spiro atoms. The summed E-state index contributed by atoms with van der Waals surface area (Å²) in [7, 11) is 0. The molecule has 0 amide bonds. The van der Waals surface area contributed by atoms with Gasteiger partial charge in [0.2, 0.25) is 0 Å². The summed E-state index contributed by atoms with van der Waals surface area (Å²) in [5.41, 5.74) is 5.58. The van der Waals surface area contributed by atoms with Crippen LogP contribution in [0.1, 0.15) is 37.4 Å². The van der Waals surface area contributed by atoms with Crippen LogP contribution in [0, 0.1) is 5.41 Å². The fraction of sp³-hybridized carbons (Fsp3) is 0.462. The number of benzene rings is 1. The molecule has 6 heteroatoms. The first kappa shape index (κ1) is 14.3. The minimum atomic E-state index is -4.34. The smallest absolute Gasteiger partial charge is 0.322 e. The summed E-state index contributed by atoms with van der Waals surface area (Å²) < 4.78 is 38.6. The van der Waals surface area contributed by atoms with Crippen molar-refractivity contribution in [2.24, 2.45) is 11.1 Å². The van der Waals surface area contributed by atoms with E-state index in [9.17, 15) is 13.2 Å². The largest absolute Gasteiger partial charge is 0.416 e. The number of nitrogens with two attached hydrogens (primary N) is 1. The molecule has 0 aliphatic heterocycles. The number of halogens is 3. The van der Waals surface area contributed by atoms with E-state index in [-0.39, 0.29) is 11.5 Å². The number of hydrogen-bond acceptors (Lipinski definition) is 3. The molecule has 2 nitrogen and oxygen atoms in total. The SMILES string of the molecule is CC(C)(C)C(N)c1nc2cc(C(F)(F)F)ccc2s1. The highest BCUT2D eigenvalue weighted by Gasteiger charge is 2.31. The first-order chi connectivity index (χ1) is 8.59. The molecule has 0 aliphatic rings. The van der Waals surface area contributed by atoms with Crippen LogP contribution >= 0.6 is 11.3 Å². The third-order valence-electron chi connectivity index (χ3n) is 2.93. The van der Waals surface area contributed by atoms with Crippen LogP contribution < -0.4 is 5.73 Å². The van der Waals surface area contributed by atoms with E-state index in [4.69, 9.17) is 5.73 Å². The van der Waals surface area contributed by atoms with E-state index in [1.165, 1.54) is 17.4 Å². The van der Waals surface area contributed by atoms with Crippen molar-refractivity contribution in [3.05, 3.63) is 28.8 Å². The monoisotopic (exact) mass is 288 g/mol. The van der Waals surface area contributed by atoms with Gasteiger partial charge >= 0.3 is 6.18 Å². The van der Waals surface area contributed by atoms with Crippen molar-refractivity contribution in [1.82, 2.24) is 4.98 Å². The van der Waals surface area contributed by atoms with Gasteiger partial charge in [-0.3, -0.25) is 0 Å². The van der Waals surface area contributed by atoms with E-state index >= 15 is 0 Å². The molecule has 1 heterocycles. The Bertz CT molecular complexity index is 596. The molecule has 0 saturated heterocycles. The Morgan fingerprint density at radius 3 is 2.37 bits per heavy atom. The van der Waals surface area contributed by atoms with E-state index < -0.39 is 11.7 Å². The fourth-order valence-electron chi connectivity index (χ4n) is 1.63. The van der Waals surface area contributed by atoms with Crippen molar-refractivity contribution < 1.29 is 13.2 Å². The highest BCUT2D eigenvalue weighted by Crippen LogP contribution is 2.37. The average Bonchev–Trinajstić information content (AvgIpc) is 2.67. The molecule has 2 rings (SSSR count). The van der Waals surface area contributed by atoms with Crippen molar-refractivity contribution in [3.63, 3.8) is 0 Å². The lowest BCUT2D eigenvalue weighted by Crippen LogP contribution is -2.25. The van der Waals surface area contributed by atoms with Gasteiger partial charge in [0, 0.05) is 0 Å². The van der Waals surface area contributed by atoms with Gasteiger partial charge in [0.25, 0.3) is 0 Å². The first-order valence-corrected chi connectivity index (χ1v) is 6.64. The molecule has 2 N–H and O–H groups in total. The molecule has 1 aromatic carbocycles. The predicted octanol–water partition coefficient (Wildman–Crippen LogP) is 4.36. The van der Waals surface area contributed by atoms with Gasteiger partial charge in [-0.15, -0.1) is 11.3 Å². The lowest BCUT2D eigenvalue weighted by atomic mass is 9.88. The number of thiazole rings is 1. The Kier molecular flexibility index (Phi) is 3.35. The summed E-state index contributed by atoms with van der Waals surface area (Å²) in [6.07, 6.45) is -4.34. The quantitative estimate of drug-likeness (QED) is 0.846. The molecule has 104 valence electrons. The first-order valence-electron chi connectivity index (χ1n) is 5.82. The molecule has 0 bridgehead atoms. The highest BCUT2D eigenvalue weighted by molar-refractivity contribution is 7.18. The maximum Gasteiger partial charge on any atom is 0.416 e. The molecular weight excluding hydrogens is 273 g/mol. The van der Waals surface area contributed by atoms with Crippen molar-refractivity contribution >= 4 is 21.6 Å². The normalized spacial score (nSPS) is 14.9. The van der Waals surface area contributed by atoms with Crippen molar-refractivity contribution in [1.29, 1.82) is 0 Å². The van der Waals surface area contributed by atoms with Crippen LogP contribution in [-0.4, -0.2) is 4.98 Å². The topological polar surface area (TPSA) is 38.9 Å². The zero-order valence-electron chi connectivity index (χ0n) is 10.9. The average molecular weight is 288 g/mol. The van der Waals surface area contributed by atoms with Crippen LogP contribution in [0.4, 0.5) is 13.2 Å². The van der Waals surface area contributed by atoms with Crippen molar-refractivity contribution in [2.45, 2.75) is 33.0 Å². The Hall–Kier alpha value is -1.14. The number of hydrogen-bond donors (Lipinski definition) is 1. The van der Waals surface area contributed by atoms with Gasteiger partial charge in [-0.25, -0.2) is 4.98 Å². The Labute approximate surface area is 113 Å². The van der Waals surface area contributed by atoms with Gasteiger partial charge in [-0.2, -0.15) is 13.2 Å². The van der Waals surface area contributed by atoms with Crippen LogP contribution in [0.5, 0.6) is 0 Å². The van der Waals surface area contributed by atoms with Gasteiger partial charge in [-0.1, -0.05) is 20.8 Å². The van der Waals surface area contributed by atoms with Gasteiger partial charge in [-0.05, 0) is 23.6 Å². The molecule has 19 heavy (non-hydrogen) atoms. The summed E-state index contributed by atoms with van der Waals surface area (Å²) in [6.45, 7) is 5.93. The summed E-state index contributed by atoms with van der Waals surface area (Å²) in [4.78, 5) is 4.25. The number of alkyl halides is 3. The third-order valence-corrected chi connectivity index (χ3v) is 4.05. The Morgan fingerprint density at radius 1 is 1.21 bits per heavy atom. The third kappa shape index (κ3) is 2.90. The maximum atomic E-state index is 12.6. The Morgan fingerprint density at radius 2 is 1.84 bits per heavy atom. The van der Waals surface area contributed by atoms with E-state index in [0.717, 1.165) is 16.8 Å². The molecule has 0 aliphatic carbocycles. The van der Waals surface area contributed by atoms with E-state index in [0.29, 0.717) is 10.5 Å². The van der Waals surface area contributed by atoms with Crippen LogP contribution in [0.2, 0.25) is 0 Å². The van der Waals surface area contributed by atoms with Crippen molar-refractivity contribution in [3.8, 4) is 0 Å². The van der Waals surface area contributed by atoms with Gasteiger partial charge < -0.3 is 5.73 Å². The summed E-state index contributed by atoms with van der Waals surface area (Å²) in [5, 5.41) is 0.668. The molecule has 0 radical (unpaired) electrons. The van der Waals surface area contributed by atoms with E-state index in [1.807, 2.05) is 20.8 Å². The molecule has 0 fully saturated rings. The molecule has 1 unspecified atom stereocenters. The second kappa shape index (κ2) is 4.45. The fourth-order valence-corrected chi connectivity index (χ4v) is 2.82. The zero-order valence-corrected chi connectivity index (χ0v) is 11.7. The summed E-state index contributed by atoms with van der Waals surface area (Å²) in [6, 6.07) is 3.31. The van der Waals surface area contributed by atoms with Crippen LogP contribution in [-0.2, 0) is 6.18 Å². The molecule has 0 saturated carbocycles. The number of fused-ring (bicyclic) bond motifs is 1. The second-order valence-corrected chi connectivity index (χ2v) is 6.64. The van der Waals surface area contributed by atoms with Gasteiger partial charge in [0.05, 0.1) is 21.8 Å². The van der Waals surface area contributed by atoms with Gasteiger partial charge in [0.15, 0.2) is 0 Å².